The molecule has 5 heteroatoms. The monoisotopic (exact) mass is 266 g/mol. The molecule has 2 rings (SSSR count). The second kappa shape index (κ2) is 5.45. The maximum Gasteiger partial charge on any atom is 0.0988 e. The molecule has 0 aromatic carbocycles. The molecule has 1 aromatic heterocycles. The second-order valence-corrected chi connectivity index (χ2v) is 5.68. The van der Waals surface area contributed by atoms with Crippen LogP contribution in [0.15, 0.2) is 18.3 Å². The standard InChI is InChI=1S/C14H22N2O3/c1-10(18)13-5-4-11(6-15-13)16-7-12(8-17)19-14(2,3)9-16/h4-6,10,12,17-18H,7-9H2,1-3H3/t10-,12?/m0/s1. The van der Waals surface area contributed by atoms with Crippen LogP contribution in [0.3, 0.4) is 0 Å². The third-order valence-corrected chi connectivity index (χ3v) is 3.25. The fourth-order valence-corrected chi connectivity index (χ4v) is 2.42. The van der Waals surface area contributed by atoms with Crippen molar-refractivity contribution in [3.8, 4) is 0 Å². The Kier molecular flexibility index (Phi) is 4.08. The molecule has 0 aliphatic carbocycles. The van der Waals surface area contributed by atoms with Gasteiger partial charge in [-0.05, 0) is 32.9 Å². The first kappa shape index (κ1) is 14.2. The van der Waals surface area contributed by atoms with E-state index in [9.17, 15) is 10.2 Å². The van der Waals surface area contributed by atoms with Crippen LogP contribution in [0.25, 0.3) is 0 Å². The van der Waals surface area contributed by atoms with Gasteiger partial charge in [0.15, 0.2) is 0 Å². The van der Waals surface area contributed by atoms with E-state index in [1.165, 1.54) is 0 Å². The van der Waals surface area contributed by atoms with Crippen molar-refractivity contribution >= 4 is 5.69 Å². The first-order chi connectivity index (χ1) is 8.91. The molecule has 2 heterocycles. The summed E-state index contributed by atoms with van der Waals surface area (Å²) in [7, 11) is 0. The van der Waals surface area contributed by atoms with Gasteiger partial charge in [0.2, 0.25) is 0 Å². The highest BCUT2D eigenvalue weighted by atomic mass is 16.5. The molecule has 1 aliphatic heterocycles. The summed E-state index contributed by atoms with van der Waals surface area (Å²) >= 11 is 0. The van der Waals surface area contributed by atoms with Crippen LogP contribution in [-0.4, -0.2) is 46.6 Å². The molecule has 2 N–H and O–H groups in total. The molecule has 5 nitrogen and oxygen atoms in total. The molecule has 2 atom stereocenters. The Morgan fingerprint density at radius 2 is 2.26 bits per heavy atom. The summed E-state index contributed by atoms with van der Waals surface area (Å²) in [6.07, 6.45) is 1.03. The van der Waals surface area contributed by atoms with Crippen LogP contribution >= 0.6 is 0 Å². The average Bonchev–Trinajstić information content (AvgIpc) is 2.37. The highest BCUT2D eigenvalue weighted by Crippen LogP contribution is 2.26. The van der Waals surface area contributed by atoms with Crippen molar-refractivity contribution in [1.82, 2.24) is 4.98 Å². The molecular formula is C14H22N2O3. The minimum absolute atomic E-state index is 0.0130. The minimum Gasteiger partial charge on any atom is -0.394 e. The maximum absolute atomic E-state index is 9.46. The van der Waals surface area contributed by atoms with Crippen LogP contribution in [0.1, 0.15) is 32.6 Å². The number of aliphatic hydroxyl groups is 2. The van der Waals surface area contributed by atoms with Crippen molar-refractivity contribution in [1.29, 1.82) is 0 Å². The van der Waals surface area contributed by atoms with E-state index in [4.69, 9.17) is 4.74 Å². The third kappa shape index (κ3) is 3.43. The average molecular weight is 266 g/mol. The Hall–Kier alpha value is -1.17. The Balaban J connectivity index is 2.16. The molecule has 1 aromatic rings. The van der Waals surface area contributed by atoms with E-state index in [-0.39, 0.29) is 18.3 Å². The molecule has 1 aliphatic rings. The molecule has 1 unspecified atom stereocenters. The predicted molar refractivity (Wildman–Crippen MR) is 73.1 cm³/mol. The number of hydrogen-bond donors (Lipinski definition) is 2. The molecular weight excluding hydrogens is 244 g/mol. The van der Waals surface area contributed by atoms with Crippen molar-refractivity contribution in [2.75, 3.05) is 24.6 Å². The van der Waals surface area contributed by atoms with Crippen molar-refractivity contribution in [3.05, 3.63) is 24.0 Å². The molecule has 0 amide bonds. The molecule has 0 spiro atoms. The first-order valence-corrected chi connectivity index (χ1v) is 6.59. The smallest absolute Gasteiger partial charge is 0.0988 e. The number of morpholine rings is 1. The van der Waals surface area contributed by atoms with Crippen molar-refractivity contribution in [2.24, 2.45) is 0 Å². The number of aromatic nitrogens is 1. The lowest BCUT2D eigenvalue weighted by molar-refractivity contribution is -0.101. The largest absolute Gasteiger partial charge is 0.394 e. The number of aliphatic hydroxyl groups excluding tert-OH is 2. The molecule has 19 heavy (non-hydrogen) atoms. The zero-order valence-electron chi connectivity index (χ0n) is 11.7. The van der Waals surface area contributed by atoms with Crippen molar-refractivity contribution < 1.29 is 14.9 Å². The summed E-state index contributed by atoms with van der Waals surface area (Å²) in [6, 6.07) is 3.78. The number of rotatable bonds is 3. The van der Waals surface area contributed by atoms with Gasteiger partial charge in [0.05, 0.1) is 42.0 Å². The zero-order valence-corrected chi connectivity index (χ0v) is 11.7. The summed E-state index contributed by atoms with van der Waals surface area (Å²) in [4.78, 5) is 6.41. The van der Waals surface area contributed by atoms with E-state index < -0.39 is 6.10 Å². The van der Waals surface area contributed by atoms with Gasteiger partial charge in [0, 0.05) is 13.1 Å². The molecule has 106 valence electrons. The Morgan fingerprint density at radius 3 is 2.79 bits per heavy atom. The maximum atomic E-state index is 9.46. The number of nitrogens with zero attached hydrogens (tertiary/aromatic N) is 2. The number of hydrogen-bond acceptors (Lipinski definition) is 5. The highest BCUT2D eigenvalue weighted by Gasteiger charge is 2.33. The van der Waals surface area contributed by atoms with Crippen molar-refractivity contribution in [2.45, 2.75) is 38.6 Å². The molecule has 0 bridgehead atoms. The van der Waals surface area contributed by atoms with Gasteiger partial charge in [-0.2, -0.15) is 0 Å². The summed E-state index contributed by atoms with van der Waals surface area (Å²) in [5, 5.41) is 18.8. The van der Waals surface area contributed by atoms with Crippen LogP contribution in [0.2, 0.25) is 0 Å². The van der Waals surface area contributed by atoms with Gasteiger partial charge in [-0.15, -0.1) is 0 Å². The van der Waals surface area contributed by atoms with Crippen LogP contribution in [0, 0.1) is 0 Å². The summed E-state index contributed by atoms with van der Waals surface area (Å²) in [6.45, 7) is 7.13. The lowest BCUT2D eigenvalue weighted by Gasteiger charge is -2.43. The van der Waals surface area contributed by atoms with Crippen LogP contribution in [0.4, 0.5) is 5.69 Å². The quantitative estimate of drug-likeness (QED) is 0.858. The van der Waals surface area contributed by atoms with Gasteiger partial charge < -0.3 is 19.8 Å². The fraction of sp³-hybridized carbons (Fsp3) is 0.643. The number of pyridine rings is 1. The summed E-state index contributed by atoms with van der Waals surface area (Å²) in [5.74, 6) is 0. The second-order valence-electron chi connectivity index (χ2n) is 5.68. The van der Waals surface area contributed by atoms with Crippen LogP contribution < -0.4 is 4.90 Å². The van der Waals surface area contributed by atoms with Gasteiger partial charge >= 0.3 is 0 Å². The number of ether oxygens (including phenoxy) is 1. The third-order valence-electron chi connectivity index (χ3n) is 3.25. The van der Waals surface area contributed by atoms with Crippen LogP contribution in [-0.2, 0) is 4.74 Å². The van der Waals surface area contributed by atoms with Crippen molar-refractivity contribution in [3.63, 3.8) is 0 Å². The van der Waals surface area contributed by atoms with Gasteiger partial charge in [-0.25, -0.2) is 0 Å². The fourth-order valence-electron chi connectivity index (χ4n) is 2.42. The topological polar surface area (TPSA) is 65.8 Å². The minimum atomic E-state index is -0.555. The Bertz CT molecular complexity index is 417. The van der Waals surface area contributed by atoms with Gasteiger partial charge in [0.1, 0.15) is 0 Å². The highest BCUT2D eigenvalue weighted by molar-refractivity contribution is 5.46. The summed E-state index contributed by atoms with van der Waals surface area (Å²) < 4.78 is 5.78. The summed E-state index contributed by atoms with van der Waals surface area (Å²) in [5.41, 5.74) is 1.35. The van der Waals surface area contributed by atoms with E-state index >= 15 is 0 Å². The van der Waals surface area contributed by atoms with Crippen LogP contribution in [0.5, 0.6) is 0 Å². The van der Waals surface area contributed by atoms with E-state index in [0.29, 0.717) is 12.2 Å². The lowest BCUT2D eigenvalue weighted by atomic mass is 10.0. The number of anilines is 1. The van der Waals surface area contributed by atoms with Gasteiger partial charge in [-0.1, -0.05) is 0 Å². The van der Waals surface area contributed by atoms with E-state index in [0.717, 1.165) is 12.2 Å². The molecule has 1 saturated heterocycles. The SMILES string of the molecule is C[C@H](O)c1ccc(N2CC(CO)OC(C)(C)C2)cn1. The molecule has 1 fully saturated rings. The molecule has 0 radical (unpaired) electrons. The van der Waals surface area contributed by atoms with E-state index in [1.807, 2.05) is 26.0 Å². The van der Waals surface area contributed by atoms with Gasteiger partial charge in [-0.3, -0.25) is 4.98 Å². The molecule has 0 saturated carbocycles. The van der Waals surface area contributed by atoms with E-state index in [2.05, 4.69) is 9.88 Å². The lowest BCUT2D eigenvalue weighted by Crippen LogP contribution is -2.54. The Morgan fingerprint density at radius 1 is 1.53 bits per heavy atom. The van der Waals surface area contributed by atoms with Gasteiger partial charge in [0.25, 0.3) is 0 Å². The zero-order chi connectivity index (χ0) is 14.0. The predicted octanol–water partition coefficient (Wildman–Crippen LogP) is 1.11. The first-order valence-electron chi connectivity index (χ1n) is 6.59. The van der Waals surface area contributed by atoms with E-state index in [1.54, 1.807) is 13.1 Å². The normalized spacial score (nSPS) is 24.3. The Labute approximate surface area is 113 Å².